The minimum Gasteiger partial charge on any atom is -0.497 e. The van der Waals surface area contributed by atoms with Crippen LogP contribution in [0.1, 0.15) is 12.5 Å². The van der Waals surface area contributed by atoms with E-state index >= 15 is 0 Å². The van der Waals surface area contributed by atoms with Crippen LogP contribution in [-0.2, 0) is 16.6 Å². The Bertz CT molecular complexity index is 753. The lowest BCUT2D eigenvalue weighted by Crippen LogP contribution is -2.14. The second kappa shape index (κ2) is 5.65. The van der Waals surface area contributed by atoms with Gasteiger partial charge in [0.05, 0.1) is 12.8 Å². The molecule has 0 aliphatic heterocycles. The number of sulfonamides is 1. The van der Waals surface area contributed by atoms with E-state index in [0.29, 0.717) is 18.0 Å². The van der Waals surface area contributed by atoms with Gasteiger partial charge in [-0.2, -0.15) is 5.10 Å². The molecule has 0 spiro atoms. The first-order valence-electron chi connectivity index (χ1n) is 6.37. The number of nitrogens with two attached hydrogens (primary N) is 1. The van der Waals surface area contributed by atoms with Gasteiger partial charge in [-0.15, -0.1) is 0 Å². The highest BCUT2D eigenvalue weighted by Gasteiger charge is 2.21. The molecule has 0 saturated carbocycles. The lowest BCUT2D eigenvalue weighted by Gasteiger charge is -2.11. The summed E-state index contributed by atoms with van der Waals surface area (Å²) >= 11 is 0. The second-order valence-electron chi connectivity index (χ2n) is 4.52. The number of anilines is 2. The fraction of sp³-hybridized carbons (Fsp3) is 0.308. The highest BCUT2D eigenvalue weighted by molar-refractivity contribution is 7.92. The Balaban J connectivity index is 2.35. The minimum absolute atomic E-state index is 0.0180. The van der Waals surface area contributed by atoms with Crippen LogP contribution in [0.5, 0.6) is 5.75 Å². The molecule has 3 N–H and O–H groups in total. The average molecular weight is 310 g/mol. The van der Waals surface area contributed by atoms with Crippen LogP contribution in [0.2, 0.25) is 0 Å². The largest absolute Gasteiger partial charge is 0.497 e. The van der Waals surface area contributed by atoms with Gasteiger partial charge in [0.25, 0.3) is 10.0 Å². The third-order valence-corrected chi connectivity index (χ3v) is 4.43. The number of nitrogen functional groups attached to an aromatic ring is 1. The number of nitrogens with one attached hydrogen (secondary N) is 1. The number of hydrogen-bond acceptors (Lipinski definition) is 5. The highest BCUT2D eigenvalue weighted by atomic mass is 32.2. The number of methoxy groups -OCH3 is 1. The first kappa shape index (κ1) is 15.2. The third kappa shape index (κ3) is 3.10. The van der Waals surface area contributed by atoms with Crippen molar-refractivity contribution < 1.29 is 13.2 Å². The smallest absolute Gasteiger partial charge is 0.267 e. The fourth-order valence-electron chi connectivity index (χ4n) is 1.86. The maximum atomic E-state index is 12.4. The van der Waals surface area contributed by atoms with Crippen LogP contribution in [0, 0.1) is 6.92 Å². The molecule has 1 aromatic heterocycles. The van der Waals surface area contributed by atoms with Gasteiger partial charge in [0, 0.05) is 12.7 Å². The molecular formula is C13H18N4O3S. The number of benzene rings is 1. The Morgan fingerprint density at radius 2 is 2.14 bits per heavy atom. The topological polar surface area (TPSA) is 99.2 Å². The number of aryl methyl sites for hydroxylation is 2. The molecule has 0 unspecified atom stereocenters. The zero-order valence-electron chi connectivity index (χ0n) is 12.1. The maximum Gasteiger partial charge on any atom is 0.267 e. The molecule has 2 aromatic rings. The van der Waals surface area contributed by atoms with Gasteiger partial charge in [-0.05, 0) is 37.6 Å². The SMILES string of the molecule is CCn1cc(S(=O)(=O)Nc2ccc(OC)cc2C)c(N)n1. The molecule has 8 heteroatoms. The molecule has 1 aromatic carbocycles. The predicted octanol–water partition coefficient (Wildman–Crippen LogP) is 1.60. The van der Waals surface area contributed by atoms with Crippen LogP contribution in [0.4, 0.5) is 11.5 Å². The zero-order chi connectivity index (χ0) is 15.6. The monoisotopic (exact) mass is 310 g/mol. The number of aromatic nitrogens is 2. The Morgan fingerprint density at radius 1 is 1.43 bits per heavy atom. The summed E-state index contributed by atoms with van der Waals surface area (Å²) in [6.45, 7) is 4.18. The van der Waals surface area contributed by atoms with Crippen molar-refractivity contribution in [3.05, 3.63) is 30.0 Å². The lowest BCUT2D eigenvalue weighted by atomic mass is 10.2. The molecular weight excluding hydrogens is 292 g/mol. The summed E-state index contributed by atoms with van der Waals surface area (Å²) in [5, 5.41) is 3.94. The number of rotatable bonds is 5. The first-order chi connectivity index (χ1) is 9.87. The van der Waals surface area contributed by atoms with Crippen molar-refractivity contribution in [2.75, 3.05) is 17.6 Å². The second-order valence-corrected chi connectivity index (χ2v) is 6.17. The molecule has 0 amide bonds. The van der Waals surface area contributed by atoms with Gasteiger partial charge in [0.15, 0.2) is 5.82 Å². The molecule has 0 aliphatic carbocycles. The van der Waals surface area contributed by atoms with E-state index in [2.05, 4.69) is 9.82 Å². The minimum atomic E-state index is -3.77. The Morgan fingerprint density at radius 3 is 2.67 bits per heavy atom. The van der Waals surface area contributed by atoms with Crippen LogP contribution in [0.15, 0.2) is 29.3 Å². The molecule has 0 saturated heterocycles. The van der Waals surface area contributed by atoms with Crippen molar-refractivity contribution in [2.24, 2.45) is 0 Å². The van der Waals surface area contributed by atoms with Gasteiger partial charge < -0.3 is 10.5 Å². The normalized spacial score (nSPS) is 11.4. The Labute approximate surface area is 123 Å². The van der Waals surface area contributed by atoms with E-state index in [1.165, 1.54) is 10.9 Å². The molecule has 0 radical (unpaired) electrons. The number of nitrogens with zero attached hydrogens (tertiary/aromatic N) is 2. The quantitative estimate of drug-likeness (QED) is 0.874. The summed E-state index contributed by atoms with van der Waals surface area (Å²) in [5.41, 5.74) is 6.89. The summed E-state index contributed by atoms with van der Waals surface area (Å²) in [6, 6.07) is 5.08. The molecule has 0 atom stereocenters. The summed E-state index contributed by atoms with van der Waals surface area (Å²) in [7, 11) is -2.22. The highest BCUT2D eigenvalue weighted by Crippen LogP contribution is 2.25. The van der Waals surface area contributed by atoms with Gasteiger partial charge in [-0.25, -0.2) is 8.42 Å². The zero-order valence-corrected chi connectivity index (χ0v) is 12.9. The first-order valence-corrected chi connectivity index (χ1v) is 7.86. The molecule has 7 nitrogen and oxygen atoms in total. The molecule has 114 valence electrons. The molecule has 0 fully saturated rings. The fourth-order valence-corrected chi connectivity index (χ4v) is 3.07. The molecule has 1 heterocycles. The van der Waals surface area contributed by atoms with Crippen LogP contribution in [0.25, 0.3) is 0 Å². The summed E-state index contributed by atoms with van der Waals surface area (Å²) in [4.78, 5) is -0.0282. The lowest BCUT2D eigenvalue weighted by molar-refractivity contribution is 0.414. The average Bonchev–Trinajstić information content (AvgIpc) is 2.83. The maximum absolute atomic E-state index is 12.4. The van der Waals surface area contributed by atoms with Crippen molar-refractivity contribution >= 4 is 21.5 Å². The van der Waals surface area contributed by atoms with Gasteiger partial charge >= 0.3 is 0 Å². The van der Waals surface area contributed by atoms with Crippen LogP contribution < -0.4 is 15.2 Å². The summed E-state index contributed by atoms with van der Waals surface area (Å²) in [6.07, 6.45) is 1.41. The van der Waals surface area contributed by atoms with Crippen LogP contribution in [-0.4, -0.2) is 25.3 Å². The van der Waals surface area contributed by atoms with Crippen LogP contribution >= 0.6 is 0 Å². The standard InChI is InChI=1S/C13H18N4O3S/c1-4-17-8-12(13(14)15-17)21(18,19)16-11-6-5-10(20-3)7-9(11)2/h5-8,16H,4H2,1-3H3,(H2,14,15). The van der Waals surface area contributed by atoms with E-state index in [4.69, 9.17) is 10.5 Å². The van der Waals surface area contributed by atoms with Crippen LogP contribution in [0.3, 0.4) is 0 Å². The van der Waals surface area contributed by atoms with Crippen molar-refractivity contribution in [2.45, 2.75) is 25.3 Å². The third-order valence-electron chi connectivity index (χ3n) is 3.05. The summed E-state index contributed by atoms with van der Waals surface area (Å²) in [5.74, 6) is 0.643. The van der Waals surface area contributed by atoms with Gasteiger partial charge in [0.2, 0.25) is 0 Å². The van der Waals surface area contributed by atoms with E-state index in [9.17, 15) is 8.42 Å². The number of ether oxygens (including phenoxy) is 1. The van der Waals surface area contributed by atoms with E-state index in [1.807, 2.05) is 6.92 Å². The molecule has 0 aliphatic rings. The van der Waals surface area contributed by atoms with Crippen molar-refractivity contribution in [1.29, 1.82) is 0 Å². The van der Waals surface area contributed by atoms with E-state index < -0.39 is 10.0 Å². The predicted molar refractivity (Wildman–Crippen MR) is 80.9 cm³/mol. The van der Waals surface area contributed by atoms with Gasteiger partial charge in [-0.1, -0.05) is 0 Å². The Kier molecular flexibility index (Phi) is 4.08. The van der Waals surface area contributed by atoms with Crippen molar-refractivity contribution in [3.63, 3.8) is 0 Å². The van der Waals surface area contributed by atoms with Crippen molar-refractivity contribution in [3.8, 4) is 5.75 Å². The van der Waals surface area contributed by atoms with Crippen molar-refractivity contribution in [1.82, 2.24) is 9.78 Å². The van der Waals surface area contributed by atoms with E-state index in [1.54, 1.807) is 32.2 Å². The molecule has 0 bridgehead atoms. The van der Waals surface area contributed by atoms with Gasteiger partial charge in [-0.3, -0.25) is 9.40 Å². The van der Waals surface area contributed by atoms with E-state index in [0.717, 1.165) is 5.56 Å². The van der Waals surface area contributed by atoms with E-state index in [-0.39, 0.29) is 10.7 Å². The van der Waals surface area contributed by atoms with Gasteiger partial charge in [0.1, 0.15) is 10.6 Å². The number of hydrogen-bond donors (Lipinski definition) is 2. The summed E-state index contributed by atoms with van der Waals surface area (Å²) < 4.78 is 33.8. The Hall–Kier alpha value is -2.22. The molecule has 21 heavy (non-hydrogen) atoms. The molecule has 2 rings (SSSR count).